The van der Waals surface area contributed by atoms with Crippen LogP contribution in [0.3, 0.4) is 0 Å². The molecule has 0 spiro atoms. The molecule has 1 saturated carbocycles. The number of anilines is 1. The van der Waals surface area contributed by atoms with Gasteiger partial charge in [-0.1, -0.05) is 0 Å². The van der Waals surface area contributed by atoms with Crippen LogP contribution in [-0.2, 0) is 23.9 Å². The van der Waals surface area contributed by atoms with Gasteiger partial charge in [-0.25, -0.2) is 9.36 Å². The SMILES string of the molecule is CC(=N)/C(=C\Nc1cnn(-c2c(C(F)(F)F)c(C(F)(F)C(F)(F)F)nn2C)c1)C(=O)NC1CC1. The first-order chi connectivity index (χ1) is 15.5. The number of nitrogens with one attached hydrogen (secondary N) is 3. The quantitative estimate of drug-likeness (QED) is 0.306. The van der Waals surface area contributed by atoms with Crippen LogP contribution >= 0.6 is 0 Å². The van der Waals surface area contributed by atoms with Crippen molar-refractivity contribution >= 4 is 17.3 Å². The van der Waals surface area contributed by atoms with E-state index in [0.29, 0.717) is 4.68 Å². The average molecular weight is 499 g/mol. The molecule has 2 aromatic heterocycles. The second-order valence-corrected chi connectivity index (χ2v) is 7.49. The topological polar surface area (TPSA) is 101 Å². The van der Waals surface area contributed by atoms with Gasteiger partial charge < -0.3 is 16.0 Å². The van der Waals surface area contributed by atoms with E-state index in [9.17, 15) is 39.9 Å². The van der Waals surface area contributed by atoms with E-state index in [1.54, 1.807) is 0 Å². The van der Waals surface area contributed by atoms with Crippen molar-refractivity contribution in [2.45, 2.75) is 44.1 Å². The molecule has 0 saturated heterocycles. The van der Waals surface area contributed by atoms with Crippen molar-refractivity contribution in [3.63, 3.8) is 0 Å². The van der Waals surface area contributed by atoms with E-state index in [-0.39, 0.29) is 27.7 Å². The van der Waals surface area contributed by atoms with Crippen LogP contribution in [0.1, 0.15) is 31.0 Å². The van der Waals surface area contributed by atoms with Crippen molar-refractivity contribution in [2.75, 3.05) is 5.32 Å². The van der Waals surface area contributed by atoms with Crippen LogP contribution in [0.4, 0.5) is 40.8 Å². The van der Waals surface area contributed by atoms with Gasteiger partial charge in [0.1, 0.15) is 5.56 Å². The Morgan fingerprint density at radius 1 is 1.18 bits per heavy atom. The minimum atomic E-state index is -6.32. The first kappa shape index (κ1) is 25.2. The van der Waals surface area contributed by atoms with Gasteiger partial charge in [0.25, 0.3) is 5.91 Å². The molecule has 186 valence electrons. The van der Waals surface area contributed by atoms with Crippen LogP contribution in [0.2, 0.25) is 0 Å². The molecule has 1 aliphatic carbocycles. The summed E-state index contributed by atoms with van der Waals surface area (Å²) in [5, 5.41) is 19.3. The first-order valence-corrected chi connectivity index (χ1v) is 9.51. The van der Waals surface area contributed by atoms with Crippen molar-refractivity contribution in [3.05, 3.63) is 35.4 Å². The van der Waals surface area contributed by atoms with E-state index in [1.807, 2.05) is 0 Å². The van der Waals surface area contributed by atoms with Gasteiger partial charge >= 0.3 is 18.3 Å². The lowest BCUT2D eigenvalue weighted by molar-refractivity contribution is -0.292. The summed E-state index contributed by atoms with van der Waals surface area (Å²) in [5.74, 6) is -7.62. The number of rotatable bonds is 7. The molecule has 3 N–H and O–H groups in total. The smallest absolute Gasteiger partial charge is 0.358 e. The lowest BCUT2D eigenvalue weighted by atomic mass is 10.1. The molecule has 0 aromatic carbocycles. The fraction of sp³-hybridized carbons (Fsp3) is 0.444. The van der Waals surface area contributed by atoms with Crippen LogP contribution < -0.4 is 10.6 Å². The number of hydrogen-bond donors (Lipinski definition) is 3. The Morgan fingerprint density at radius 3 is 2.29 bits per heavy atom. The number of carbonyl (C=O) groups is 1. The van der Waals surface area contributed by atoms with E-state index in [1.165, 1.54) is 6.92 Å². The molecule has 16 heteroatoms. The number of hydrogen-bond acceptors (Lipinski definition) is 5. The summed E-state index contributed by atoms with van der Waals surface area (Å²) >= 11 is 0. The van der Waals surface area contributed by atoms with Crippen LogP contribution in [0.15, 0.2) is 24.2 Å². The molecule has 0 unspecified atom stereocenters. The Balaban J connectivity index is 1.99. The summed E-state index contributed by atoms with van der Waals surface area (Å²) in [6.45, 7) is 1.33. The molecular formula is C18H17F8N7O. The zero-order valence-electron chi connectivity index (χ0n) is 17.4. The molecule has 1 amide bonds. The number of halogens is 8. The Bertz CT molecular complexity index is 1140. The van der Waals surface area contributed by atoms with E-state index in [4.69, 9.17) is 5.41 Å². The molecule has 1 aliphatic rings. The van der Waals surface area contributed by atoms with Crippen LogP contribution in [-0.4, -0.2) is 43.4 Å². The minimum absolute atomic E-state index is 0.00680. The van der Waals surface area contributed by atoms with E-state index in [2.05, 4.69) is 20.8 Å². The number of aromatic nitrogens is 4. The number of alkyl halides is 8. The number of carbonyl (C=O) groups excluding carboxylic acids is 1. The Hall–Kier alpha value is -3.46. The zero-order chi connectivity index (χ0) is 25.6. The maximum Gasteiger partial charge on any atom is 0.459 e. The van der Waals surface area contributed by atoms with Crippen LogP contribution in [0.25, 0.3) is 5.82 Å². The molecule has 1 fully saturated rings. The van der Waals surface area contributed by atoms with Crippen molar-refractivity contribution in [1.82, 2.24) is 24.9 Å². The van der Waals surface area contributed by atoms with Crippen LogP contribution in [0.5, 0.6) is 0 Å². The van der Waals surface area contributed by atoms with Gasteiger partial charge in [0.05, 0.1) is 23.7 Å². The highest BCUT2D eigenvalue weighted by atomic mass is 19.4. The van der Waals surface area contributed by atoms with Gasteiger partial charge in [-0.3, -0.25) is 4.79 Å². The molecule has 2 aromatic rings. The summed E-state index contributed by atoms with van der Waals surface area (Å²) in [7, 11) is 0.758. The van der Waals surface area contributed by atoms with Gasteiger partial charge in [0.15, 0.2) is 11.5 Å². The van der Waals surface area contributed by atoms with E-state index in [0.717, 1.165) is 38.5 Å². The molecule has 3 rings (SSSR count). The molecule has 0 atom stereocenters. The summed E-state index contributed by atoms with van der Waals surface area (Å²) in [5.41, 5.74) is -5.06. The Morgan fingerprint density at radius 2 is 1.79 bits per heavy atom. The fourth-order valence-electron chi connectivity index (χ4n) is 2.90. The van der Waals surface area contributed by atoms with Crippen molar-refractivity contribution in [2.24, 2.45) is 7.05 Å². The largest absolute Gasteiger partial charge is 0.459 e. The zero-order valence-corrected chi connectivity index (χ0v) is 17.4. The predicted octanol–water partition coefficient (Wildman–Crippen LogP) is 3.89. The average Bonchev–Trinajstić information content (AvgIpc) is 3.23. The highest BCUT2D eigenvalue weighted by Gasteiger charge is 2.64. The molecule has 0 radical (unpaired) electrons. The predicted molar refractivity (Wildman–Crippen MR) is 102 cm³/mol. The molecule has 8 nitrogen and oxygen atoms in total. The first-order valence-electron chi connectivity index (χ1n) is 9.51. The van der Waals surface area contributed by atoms with Gasteiger partial charge in [-0.15, -0.1) is 0 Å². The second-order valence-electron chi connectivity index (χ2n) is 7.49. The number of aryl methyl sites for hydroxylation is 1. The van der Waals surface area contributed by atoms with Crippen molar-refractivity contribution in [3.8, 4) is 5.82 Å². The standard InChI is InChI=1S/C18H17F8N7O/c1-8(27)11(14(34)30-9-3-4-9)6-28-10-5-29-33(7-10)15-12(17(21,22)23)13(31-32(15)2)16(19,20)18(24,25)26/h5-7,9,27-28H,3-4H2,1-2H3,(H,30,34)/b11-6+,27-8?. The molecule has 34 heavy (non-hydrogen) atoms. The second kappa shape index (κ2) is 8.39. The maximum absolute atomic E-state index is 13.8. The third kappa shape index (κ3) is 4.89. The normalized spacial score (nSPS) is 15.4. The van der Waals surface area contributed by atoms with Gasteiger partial charge in [-0.2, -0.15) is 45.3 Å². The highest BCUT2D eigenvalue weighted by molar-refractivity contribution is 6.19. The lowest BCUT2D eigenvalue weighted by Gasteiger charge is -2.19. The Labute approximate surface area is 186 Å². The third-order valence-corrected chi connectivity index (χ3v) is 4.70. The summed E-state index contributed by atoms with van der Waals surface area (Å²) in [6.07, 6.45) is -7.45. The molecule has 2 heterocycles. The van der Waals surface area contributed by atoms with E-state index < -0.39 is 41.3 Å². The summed E-state index contributed by atoms with van der Waals surface area (Å²) < 4.78 is 107. The summed E-state index contributed by atoms with van der Waals surface area (Å²) in [6, 6.07) is -0.00680. The van der Waals surface area contributed by atoms with Crippen molar-refractivity contribution < 1.29 is 39.9 Å². The molecule has 0 aliphatic heterocycles. The third-order valence-electron chi connectivity index (χ3n) is 4.70. The van der Waals surface area contributed by atoms with Gasteiger partial charge in [0, 0.05) is 25.0 Å². The van der Waals surface area contributed by atoms with Gasteiger partial charge in [0.2, 0.25) is 0 Å². The summed E-state index contributed by atoms with van der Waals surface area (Å²) in [4.78, 5) is 12.2. The van der Waals surface area contributed by atoms with Gasteiger partial charge in [-0.05, 0) is 19.8 Å². The van der Waals surface area contributed by atoms with E-state index >= 15 is 0 Å². The molecule has 0 bridgehead atoms. The fourth-order valence-corrected chi connectivity index (χ4v) is 2.90. The van der Waals surface area contributed by atoms with Crippen LogP contribution in [0, 0.1) is 5.41 Å². The maximum atomic E-state index is 13.8. The monoisotopic (exact) mass is 499 g/mol. The molecular weight excluding hydrogens is 482 g/mol. The highest BCUT2D eigenvalue weighted by Crippen LogP contribution is 2.49. The lowest BCUT2D eigenvalue weighted by Crippen LogP contribution is -2.36. The minimum Gasteiger partial charge on any atom is -0.358 e. The Kier molecular flexibility index (Phi) is 6.21. The number of nitrogens with zero attached hydrogens (tertiary/aromatic N) is 4. The number of amides is 1. The van der Waals surface area contributed by atoms with Crippen molar-refractivity contribution in [1.29, 1.82) is 5.41 Å².